The fourth-order valence-corrected chi connectivity index (χ4v) is 11.7. The second-order valence-corrected chi connectivity index (χ2v) is 25.0. The summed E-state index contributed by atoms with van der Waals surface area (Å²) in [5, 5.41) is 0. The summed E-state index contributed by atoms with van der Waals surface area (Å²) in [6.07, 6.45) is 57.7. The molecule has 0 aromatic rings. The Morgan fingerprint density at radius 3 is 0.744 bits per heavy atom. The highest BCUT2D eigenvalue weighted by Gasteiger charge is 2.53. The van der Waals surface area contributed by atoms with Crippen molar-refractivity contribution in [2.45, 2.75) is 425 Å². The maximum atomic E-state index is 14.0. The Morgan fingerprint density at radius 2 is 0.488 bits per heavy atom. The average molecular weight is 1160 g/mol. The highest BCUT2D eigenvalue weighted by molar-refractivity contribution is 5.72. The summed E-state index contributed by atoms with van der Waals surface area (Å²) in [6, 6.07) is 0. The van der Waals surface area contributed by atoms with E-state index >= 15 is 0 Å². The van der Waals surface area contributed by atoms with Crippen molar-refractivity contribution in [2.24, 2.45) is 0 Å². The summed E-state index contributed by atoms with van der Waals surface area (Å²) in [6.45, 7) is 10.9. The van der Waals surface area contributed by atoms with Crippen LogP contribution in [0.5, 0.6) is 0 Å². The quantitative estimate of drug-likeness (QED) is 0.0330. The van der Waals surface area contributed by atoms with Crippen molar-refractivity contribution in [3.8, 4) is 0 Å². The highest BCUT2D eigenvalue weighted by Crippen LogP contribution is 2.32. The van der Waals surface area contributed by atoms with E-state index in [9.17, 15) is 19.2 Å². The van der Waals surface area contributed by atoms with Crippen LogP contribution in [0.4, 0.5) is 0 Å². The maximum absolute atomic E-state index is 14.0. The Bertz CT molecular complexity index is 1410. The Morgan fingerprint density at radius 1 is 0.268 bits per heavy atom. The molecule has 1 heterocycles. The van der Waals surface area contributed by atoms with E-state index in [0.717, 1.165) is 77.0 Å². The summed E-state index contributed by atoms with van der Waals surface area (Å²) < 4.78 is 37.4. The molecule has 0 aromatic carbocycles. The molecule has 0 spiro atoms. The van der Waals surface area contributed by atoms with Crippen LogP contribution in [-0.2, 0) is 47.6 Å². The third-order valence-corrected chi connectivity index (χ3v) is 17.1. The molecule has 0 N–H and O–H groups in total. The summed E-state index contributed by atoms with van der Waals surface area (Å²) >= 11 is 0. The van der Waals surface area contributed by atoms with Gasteiger partial charge in [-0.15, -0.1) is 0 Å². The number of esters is 4. The normalized spacial score (nSPS) is 17.1. The van der Waals surface area contributed by atoms with Gasteiger partial charge in [0.15, 0.2) is 24.6 Å². The zero-order valence-corrected chi connectivity index (χ0v) is 55.0. The van der Waals surface area contributed by atoms with Gasteiger partial charge in [-0.05, 0) is 32.6 Å². The number of hydrogen-bond acceptors (Lipinski definition) is 10. The molecule has 484 valence electrons. The lowest BCUT2D eigenvalue weighted by Gasteiger charge is -2.44. The molecule has 1 fully saturated rings. The summed E-state index contributed by atoms with van der Waals surface area (Å²) in [4.78, 5) is 55.0. The molecule has 82 heavy (non-hydrogen) atoms. The first-order chi connectivity index (χ1) is 40.3. The zero-order chi connectivity index (χ0) is 59.5. The Balaban J connectivity index is 3.06. The van der Waals surface area contributed by atoms with Crippen LogP contribution in [0.15, 0.2) is 0 Å². The Labute approximate surface area is 507 Å². The summed E-state index contributed by atoms with van der Waals surface area (Å²) in [5.41, 5.74) is 0. The maximum Gasteiger partial charge on any atom is 0.306 e. The third kappa shape index (κ3) is 48.0. The van der Waals surface area contributed by atoms with E-state index in [2.05, 4.69) is 27.7 Å². The van der Waals surface area contributed by atoms with E-state index in [1.807, 2.05) is 6.92 Å². The van der Waals surface area contributed by atoms with Crippen molar-refractivity contribution >= 4 is 23.9 Å². The second kappa shape index (κ2) is 60.5. The molecule has 0 aromatic heterocycles. The van der Waals surface area contributed by atoms with Gasteiger partial charge in [0.25, 0.3) is 0 Å². The molecule has 10 heteroatoms. The van der Waals surface area contributed by atoms with Gasteiger partial charge in [-0.2, -0.15) is 0 Å². The molecule has 1 unspecified atom stereocenters. The van der Waals surface area contributed by atoms with Crippen LogP contribution in [0.3, 0.4) is 0 Å². The molecule has 0 amide bonds. The number of carbonyl (C=O) groups excluding carboxylic acids is 4. The van der Waals surface area contributed by atoms with Crippen molar-refractivity contribution in [3.63, 3.8) is 0 Å². The standard InChI is InChI=1S/C72H136O10/c1-6-11-15-19-23-27-31-35-39-43-47-51-55-59-65(73)78-63-64-69(80-66(74)60-56-52-48-44-40-36-32-28-24-20-16-12-7-2)70(81-67(75)61-57-53-49-45-41-37-33-29-25-21-17-13-8-3)71(72(79-64)77-10-5)82-68(76)62-58-54-50-46-42-38-34-30-26-22-18-14-9-4/h64,69-72H,6-63H2,1-5H3/t64-,69+,70+,71-,72?/m1/s1. The molecule has 0 bridgehead atoms. The molecule has 1 aliphatic heterocycles. The van der Waals surface area contributed by atoms with E-state index in [4.69, 9.17) is 28.4 Å². The molecule has 5 atom stereocenters. The first-order valence-electron chi connectivity index (χ1n) is 36.3. The smallest absolute Gasteiger partial charge is 0.306 e. The first kappa shape index (κ1) is 77.8. The minimum absolute atomic E-state index is 0.187. The monoisotopic (exact) mass is 1160 g/mol. The van der Waals surface area contributed by atoms with Crippen LogP contribution < -0.4 is 0 Å². The van der Waals surface area contributed by atoms with E-state index < -0.39 is 48.6 Å². The summed E-state index contributed by atoms with van der Waals surface area (Å²) in [7, 11) is 0. The van der Waals surface area contributed by atoms with Gasteiger partial charge in [-0.25, -0.2) is 0 Å². The number of hydrogen-bond donors (Lipinski definition) is 0. The van der Waals surface area contributed by atoms with E-state index in [1.165, 1.54) is 238 Å². The molecule has 0 aliphatic carbocycles. The molecule has 1 aliphatic rings. The van der Waals surface area contributed by atoms with Gasteiger partial charge in [0, 0.05) is 32.3 Å². The van der Waals surface area contributed by atoms with Gasteiger partial charge in [-0.3, -0.25) is 19.2 Å². The van der Waals surface area contributed by atoms with Gasteiger partial charge in [0.05, 0.1) is 0 Å². The van der Waals surface area contributed by atoms with Gasteiger partial charge >= 0.3 is 23.9 Å². The predicted octanol–water partition coefficient (Wildman–Crippen LogP) is 22.0. The van der Waals surface area contributed by atoms with E-state index in [-0.39, 0.29) is 44.9 Å². The number of unbranched alkanes of at least 4 members (excludes halogenated alkanes) is 48. The second-order valence-electron chi connectivity index (χ2n) is 25.0. The van der Waals surface area contributed by atoms with Crippen LogP contribution >= 0.6 is 0 Å². The minimum atomic E-state index is -1.21. The molecule has 0 saturated carbocycles. The Kier molecular flexibility index (Phi) is 57.4. The highest BCUT2D eigenvalue weighted by atomic mass is 16.7. The van der Waals surface area contributed by atoms with Crippen LogP contribution in [0.25, 0.3) is 0 Å². The molecule has 1 rings (SSSR count). The number of ether oxygens (including phenoxy) is 6. The van der Waals surface area contributed by atoms with Gasteiger partial charge in [0.2, 0.25) is 0 Å². The van der Waals surface area contributed by atoms with E-state index in [1.54, 1.807) is 0 Å². The zero-order valence-electron chi connectivity index (χ0n) is 55.0. The molecule has 0 radical (unpaired) electrons. The number of rotatable bonds is 63. The predicted molar refractivity (Wildman–Crippen MR) is 342 cm³/mol. The van der Waals surface area contributed by atoms with Crippen molar-refractivity contribution in [1.29, 1.82) is 0 Å². The lowest BCUT2D eigenvalue weighted by atomic mass is 9.97. The van der Waals surface area contributed by atoms with Crippen molar-refractivity contribution < 1.29 is 47.6 Å². The largest absolute Gasteiger partial charge is 0.463 e. The first-order valence-corrected chi connectivity index (χ1v) is 36.3. The van der Waals surface area contributed by atoms with Gasteiger partial charge in [-0.1, -0.05) is 336 Å². The lowest BCUT2D eigenvalue weighted by Crippen LogP contribution is -2.63. The molecule has 1 saturated heterocycles. The molecular weight excluding hydrogens is 1020 g/mol. The van der Waals surface area contributed by atoms with Gasteiger partial charge in [0.1, 0.15) is 12.7 Å². The van der Waals surface area contributed by atoms with Crippen LogP contribution in [-0.4, -0.2) is 67.8 Å². The summed E-state index contributed by atoms with van der Waals surface area (Å²) in [5.74, 6) is -1.67. The fraction of sp³-hybridized carbons (Fsp3) is 0.944. The lowest BCUT2D eigenvalue weighted by molar-refractivity contribution is -0.308. The van der Waals surface area contributed by atoms with Crippen molar-refractivity contribution in [2.75, 3.05) is 13.2 Å². The van der Waals surface area contributed by atoms with Gasteiger partial charge < -0.3 is 28.4 Å². The molecular formula is C72H136O10. The molecule has 10 nitrogen and oxygen atoms in total. The van der Waals surface area contributed by atoms with Crippen molar-refractivity contribution in [3.05, 3.63) is 0 Å². The fourth-order valence-electron chi connectivity index (χ4n) is 11.7. The average Bonchev–Trinajstić information content (AvgIpc) is 3.67. The van der Waals surface area contributed by atoms with Crippen molar-refractivity contribution in [1.82, 2.24) is 0 Å². The topological polar surface area (TPSA) is 124 Å². The van der Waals surface area contributed by atoms with Crippen LogP contribution in [0, 0.1) is 0 Å². The van der Waals surface area contributed by atoms with E-state index in [0.29, 0.717) is 19.3 Å². The SMILES string of the molecule is CCCCCCCCCCCCCCCC(=O)OC[C@H]1OC(OCC)[C@H](OC(=O)CCCCCCCCCCCCCCC)[C@@H](OC(=O)CCCCCCCCCCCCCCC)[C@H]1OC(=O)CCCCCCCCCCCCCCC. The minimum Gasteiger partial charge on any atom is -0.463 e. The van der Waals surface area contributed by atoms with Crippen LogP contribution in [0.1, 0.15) is 394 Å². The third-order valence-electron chi connectivity index (χ3n) is 17.1. The van der Waals surface area contributed by atoms with Crippen LogP contribution in [0.2, 0.25) is 0 Å². The number of carbonyl (C=O) groups is 4. The Hall–Kier alpha value is -2.20.